The van der Waals surface area contributed by atoms with Crippen molar-refractivity contribution < 1.29 is 0 Å². The Balaban J connectivity index is 3.19. The van der Waals surface area contributed by atoms with E-state index in [0.29, 0.717) is 0 Å². The van der Waals surface area contributed by atoms with Gasteiger partial charge in [0.2, 0.25) is 0 Å². The summed E-state index contributed by atoms with van der Waals surface area (Å²) >= 11 is 0. The molecule has 1 aromatic carbocycles. The molecule has 0 N–H and O–H groups in total. The summed E-state index contributed by atoms with van der Waals surface area (Å²) in [6, 6.07) is 10.7. The van der Waals surface area contributed by atoms with Crippen LogP contribution >= 0.6 is 0 Å². The molecular weight excluding hydrogens is 348 g/mol. The second-order valence-electron chi connectivity index (χ2n) is 6.82. The van der Waals surface area contributed by atoms with Gasteiger partial charge in [0, 0.05) is 0 Å². The molecule has 29 heavy (non-hydrogen) atoms. The topological polar surface area (TPSA) is 0 Å². The number of benzene rings is 1. The van der Waals surface area contributed by atoms with E-state index in [-0.39, 0.29) is 0 Å². The standard InChI is InChI=1S/C29H32/c1-7-16-23(17-8-2)29(24-21-14-13-15-22-24)27(12-6)25(18-9-3)26(19-10-4)28(29)20-11-5/h7-22H,1,3H2,2,4-6H3/b17-8-,19-10-,20-11-,23-16+,25-18-,27-12+. The SMILES string of the molecule is C=C/C=C1C(/C=C\C)=C(/C=C\C)C(C(/C=C\C)=C/C=C)(c2ccccc2)C/1=C/C. The lowest BCUT2D eigenvalue weighted by Crippen LogP contribution is -2.30. The zero-order chi connectivity index (χ0) is 21.3. The molecule has 0 aliphatic heterocycles. The molecule has 0 heteroatoms. The van der Waals surface area contributed by atoms with Gasteiger partial charge in [0.25, 0.3) is 0 Å². The Hall–Kier alpha value is -3.12. The van der Waals surface area contributed by atoms with Crippen molar-refractivity contribution in [1.82, 2.24) is 0 Å². The smallest absolute Gasteiger partial charge is 0.0710 e. The van der Waals surface area contributed by atoms with Crippen molar-refractivity contribution in [3.63, 3.8) is 0 Å². The number of hydrogen-bond donors (Lipinski definition) is 0. The Morgan fingerprint density at radius 2 is 1.55 bits per heavy atom. The van der Waals surface area contributed by atoms with Gasteiger partial charge in [-0.3, -0.25) is 0 Å². The normalized spacial score (nSPS) is 23.4. The highest BCUT2D eigenvalue weighted by atomic mass is 14.5. The van der Waals surface area contributed by atoms with Gasteiger partial charge in [0.15, 0.2) is 0 Å². The molecule has 0 saturated heterocycles. The molecule has 0 fully saturated rings. The molecule has 1 aliphatic carbocycles. The Morgan fingerprint density at radius 1 is 0.862 bits per heavy atom. The van der Waals surface area contributed by atoms with E-state index in [9.17, 15) is 0 Å². The highest BCUT2D eigenvalue weighted by Crippen LogP contribution is 2.57. The van der Waals surface area contributed by atoms with E-state index < -0.39 is 5.41 Å². The van der Waals surface area contributed by atoms with Crippen molar-refractivity contribution in [1.29, 1.82) is 0 Å². The molecule has 0 radical (unpaired) electrons. The van der Waals surface area contributed by atoms with Crippen molar-refractivity contribution >= 4 is 0 Å². The molecule has 0 bridgehead atoms. The summed E-state index contributed by atoms with van der Waals surface area (Å²) in [5.74, 6) is 0. The Kier molecular flexibility index (Phi) is 7.98. The first-order chi connectivity index (χ1) is 14.2. The predicted octanol–water partition coefficient (Wildman–Crippen LogP) is 8.13. The van der Waals surface area contributed by atoms with Crippen LogP contribution in [0.2, 0.25) is 0 Å². The highest BCUT2D eigenvalue weighted by molar-refractivity contribution is 5.79. The number of allylic oxidation sites excluding steroid dienone is 16. The van der Waals surface area contributed by atoms with E-state index in [1.165, 1.54) is 33.4 Å². The maximum Gasteiger partial charge on any atom is 0.0710 e. The van der Waals surface area contributed by atoms with Crippen LogP contribution in [-0.4, -0.2) is 0 Å². The maximum atomic E-state index is 4.00. The fourth-order valence-corrected chi connectivity index (χ4v) is 4.33. The first-order valence-corrected chi connectivity index (χ1v) is 10.2. The largest absolute Gasteiger partial charge is 0.0991 e. The van der Waals surface area contributed by atoms with Gasteiger partial charge in [-0.1, -0.05) is 110 Å². The summed E-state index contributed by atoms with van der Waals surface area (Å²) < 4.78 is 0. The highest BCUT2D eigenvalue weighted by Gasteiger charge is 2.48. The van der Waals surface area contributed by atoms with E-state index in [1.54, 1.807) is 0 Å². The Bertz CT molecular complexity index is 953. The maximum absolute atomic E-state index is 4.00. The summed E-state index contributed by atoms with van der Waals surface area (Å²) in [6.45, 7) is 16.3. The number of hydrogen-bond acceptors (Lipinski definition) is 0. The number of rotatable bonds is 7. The van der Waals surface area contributed by atoms with E-state index in [1.807, 2.05) is 12.2 Å². The van der Waals surface area contributed by atoms with Gasteiger partial charge in [-0.15, -0.1) is 0 Å². The van der Waals surface area contributed by atoms with Crippen LogP contribution in [0.25, 0.3) is 0 Å². The van der Waals surface area contributed by atoms with Crippen molar-refractivity contribution in [3.05, 3.63) is 144 Å². The lowest BCUT2D eigenvalue weighted by Gasteiger charge is -2.36. The summed E-state index contributed by atoms with van der Waals surface area (Å²) in [5, 5.41) is 0. The third-order valence-electron chi connectivity index (χ3n) is 5.20. The molecular formula is C29H32. The molecule has 0 spiro atoms. The minimum atomic E-state index is -0.424. The fraction of sp³-hybridized carbons (Fsp3) is 0.172. The summed E-state index contributed by atoms with van der Waals surface area (Å²) in [5.41, 5.74) is 6.96. The lowest BCUT2D eigenvalue weighted by atomic mass is 9.65. The van der Waals surface area contributed by atoms with Crippen LogP contribution in [0.5, 0.6) is 0 Å². The molecule has 148 valence electrons. The van der Waals surface area contributed by atoms with Crippen molar-refractivity contribution in [3.8, 4) is 0 Å². The summed E-state index contributed by atoms with van der Waals surface area (Å²) in [4.78, 5) is 0. The lowest BCUT2D eigenvalue weighted by molar-refractivity contribution is 0.754. The van der Waals surface area contributed by atoms with Crippen molar-refractivity contribution in [2.75, 3.05) is 0 Å². The average Bonchev–Trinajstić information content (AvgIpc) is 2.99. The molecule has 2 rings (SSSR count). The van der Waals surface area contributed by atoms with Crippen LogP contribution in [0.3, 0.4) is 0 Å². The molecule has 0 heterocycles. The monoisotopic (exact) mass is 380 g/mol. The summed E-state index contributed by atoms with van der Waals surface area (Å²) in [7, 11) is 0. The van der Waals surface area contributed by atoms with Crippen molar-refractivity contribution in [2.24, 2.45) is 0 Å². The molecule has 0 saturated carbocycles. The summed E-state index contributed by atoms with van der Waals surface area (Å²) in [6.07, 6.45) is 23.2. The zero-order valence-corrected chi connectivity index (χ0v) is 18.2. The first kappa shape index (κ1) is 22.2. The van der Waals surface area contributed by atoms with Gasteiger partial charge >= 0.3 is 0 Å². The second kappa shape index (κ2) is 10.4. The predicted molar refractivity (Wildman–Crippen MR) is 130 cm³/mol. The van der Waals surface area contributed by atoms with E-state index in [4.69, 9.17) is 0 Å². The van der Waals surface area contributed by atoms with Crippen LogP contribution < -0.4 is 0 Å². The van der Waals surface area contributed by atoms with Gasteiger partial charge in [-0.05, 0) is 61.1 Å². The minimum Gasteiger partial charge on any atom is -0.0991 e. The Labute approximate surface area is 177 Å². The quantitative estimate of drug-likeness (QED) is 0.419. The van der Waals surface area contributed by atoms with Gasteiger partial charge in [0.1, 0.15) is 0 Å². The van der Waals surface area contributed by atoms with Crippen molar-refractivity contribution in [2.45, 2.75) is 33.1 Å². The van der Waals surface area contributed by atoms with Crippen LogP contribution in [0.4, 0.5) is 0 Å². The van der Waals surface area contributed by atoms with Crippen LogP contribution in [0, 0.1) is 0 Å². The van der Waals surface area contributed by atoms with E-state index in [2.05, 4.69) is 126 Å². The van der Waals surface area contributed by atoms with Gasteiger partial charge in [-0.25, -0.2) is 0 Å². The van der Waals surface area contributed by atoms with Crippen LogP contribution in [0.1, 0.15) is 33.3 Å². The van der Waals surface area contributed by atoms with Gasteiger partial charge in [0.05, 0.1) is 5.41 Å². The molecule has 1 aliphatic rings. The molecule has 1 aromatic rings. The average molecular weight is 381 g/mol. The van der Waals surface area contributed by atoms with Gasteiger partial charge < -0.3 is 0 Å². The Morgan fingerprint density at radius 3 is 2.07 bits per heavy atom. The van der Waals surface area contributed by atoms with E-state index in [0.717, 1.165) is 0 Å². The van der Waals surface area contributed by atoms with Crippen LogP contribution in [0.15, 0.2) is 138 Å². The molecule has 1 unspecified atom stereocenters. The molecule has 1 atom stereocenters. The third kappa shape index (κ3) is 3.89. The third-order valence-corrected chi connectivity index (χ3v) is 5.20. The molecule has 0 nitrogen and oxygen atoms in total. The van der Waals surface area contributed by atoms with Crippen LogP contribution in [-0.2, 0) is 5.41 Å². The second-order valence-corrected chi connectivity index (χ2v) is 6.82. The fourth-order valence-electron chi connectivity index (χ4n) is 4.33. The molecule has 0 aromatic heterocycles. The first-order valence-electron chi connectivity index (χ1n) is 10.2. The van der Waals surface area contributed by atoms with E-state index >= 15 is 0 Å². The van der Waals surface area contributed by atoms with Gasteiger partial charge in [-0.2, -0.15) is 0 Å². The minimum absolute atomic E-state index is 0.424. The zero-order valence-electron chi connectivity index (χ0n) is 18.2. The molecule has 0 amide bonds.